The Hall–Kier alpha value is -1.07. The minimum atomic E-state index is -1.38. The molecule has 1 unspecified atom stereocenters. The van der Waals surface area contributed by atoms with Crippen molar-refractivity contribution in [3.63, 3.8) is 0 Å². The maximum Gasteiger partial charge on any atom is 0.132 e. The quantitative estimate of drug-likeness (QED) is 0.505. The van der Waals surface area contributed by atoms with E-state index in [-0.39, 0.29) is 10.0 Å². The van der Waals surface area contributed by atoms with E-state index in [1.54, 1.807) is 0 Å². The first-order chi connectivity index (χ1) is 8.90. The number of rotatable bonds is 2. The van der Waals surface area contributed by atoms with Gasteiger partial charge in [0.25, 0.3) is 0 Å². The van der Waals surface area contributed by atoms with Crippen LogP contribution in [0.4, 0.5) is 17.6 Å². The van der Waals surface area contributed by atoms with Gasteiger partial charge >= 0.3 is 0 Å². The highest BCUT2D eigenvalue weighted by molar-refractivity contribution is 9.10. The van der Waals surface area contributed by atoms with Crippen LogP contribution < -0.4 is 0 Å². The molecule has 0 aliphatic rings. The van der Waals surface area contributed by atoms with Gasteiger partial charge in [0, 0.05) is 21.7 Å². The maximum absolute atomic E-state index is 13.7. The van der Waals surface area contributed by atoms with Crippen LogP contribution in [0, 0.1) is 23.3 Å². The molecule has 0 heterocycles. The number of benzene rings is 2. The third-order valence-corrected chi connectivity index (χ3v) is 3.44. The molecule has 0 saturated heterocycles. The van der Waals surface area contributed by atoms with Crippen molar-refractivity contribution in [2.75, 3.05) is 0 Å². The monoisotopic (exact) mass is 352 g/mol. The van der Waals surface area contributed by atoms with Crippen molar-refractivity contribution < 1.29 is 17.6 Å². The van der Waals surface area contributed by atoms with Crippen LogP contribution >= 0.6 is 27.5 Å². The summed E-state index contributed by atoms with van der Waals surface area (Å²) in [6, 6.07) is 4.69. The number of hydrogen-bond acceptors (Lipinski definition) is 0. The molecule has 100 valence electrons. The zero-order chi connectivity index (χ0) is 14.2. The Bertz CT molecular complexity index is 607. The van der Waals surface area contributed by atoms with Gasteiger partial charge in [-0.2, -0.15) is 0 Å². The summed E-state index contributed by atoms with van der Waals surface area (Å²) < 4.78 is 54.0. The van der Waals surface area contributed by atoms with Crippen LogP contribution in [0.2, 0.25) is 0 Å². The van der Waals surface area contributed by atoms with E-state index in [9.17, 15) is 17.6 Å². The lowest BCUT2D eigenvalue weighted by atomic mass is 10.0. The van der Waals surface area contributed by atoms with Crippen molar-refractivity contribution in [1.82, 2.24) is 0 Å². The summed E-state index contributed by atoms with van der Waals surface area (Å²) in [5, 5.41) is -1.38. The van der Waals surface area contributed by atoms with E-state index >= 15 is 0 Å². The Labute approximate surface area is 120 Å². The van der Waals surface area contributed by atoms with Gasteiger partial charge in [-0.25, -0.2) is 17.6 Å². The fraction of sp³-hybridized carbons (Fsp3) is 0.0769. The van der Waals surface area contributed by atoms with E-state index in [1.807, 2.05) is 0 Å². The average molecular weight is 354 g/mol. The molecule has 0 radical (unpaired) electrons. The molecular formula is C13H6BrClF4. The predicted octanol–water partition coefficient (Wildman–Crippen LogP) is 5.33. The topological polar surface area (TPSA) is 0 Å². The zero-order valence-electron chi connectivity index (χ0n) is 9.23. The lowest BCUT2D eigenvalue weighted by Gasteiger charge is -2.13. The zero-order valence-corrected chi connectivity index (χ0v) is 11.6. The third kappa shape index (κ3) is 2.92. The second-order valence-corrected chi connectivity index (χ2v) is 5.16. The molecule has 6 heteroatoms. The molecule has 0 saturated carbocycles. The van der Waals surface area contributed by atoms with Crippen molar-refractivity contribution in [1.29, 1.82) is 0 Å². The van der Waals surface area contributed by atoms with Crippen molar-refractivity contribution in [2.45, 2.75) is 5.38 Å². The molecular weight excluding hydrogens is 347 g/mol. The van der Waals surface area contributed by atoms with E-state index in [0.717, 1.165) is 24.3 Å². The first kappa shape index (κ1) is 14.3. The predicted molar refractivity (Wildman–Crippen MR) is 68.1 cm³/mol. The summed E-state index contributed by atoms with van der Waals surface area (Å²) in [6.07, 6.45) is 0. The molecule has 0 aromatic heterocycles. The summed E-state index contributed by atoms with van der Waals surface area (Å²) in [4.78, 5) is 0. The molecule has 19 heavy (non-hydrogen) atoms. The highest BCUT2D eigenvalue weighted by atomic mass is 79.9. The second-order valence-electron chi connectivity index (χ2n) is 3.81. The summed E-state index contributed by atoms with van der Waals surface area (Å²) in [7, 11) is 0. The van der Waals surface area contributed by atoms with Gasteiger partial charge in [0.15, 0.2) is 0 Å². The summed E-state index contributed by atoms with van der Waals surface area (Å²) in [5.74, 6) is -3.56. The minimum absolute atomic E-state index is 0.191. The highest BCUT2D eigenvalue weighted by Crippen LogP contribution is 2.35. The van der Waals surface area contributed by atoms with E-state index < -0.39 is 34.2 Å². The lowest BCUT2D eigenvalue weighted by Crippen LogP contribution is -2.03. The summed E-state index contributed by atoms with van der Waals surface area (Å²) in [6.45, 7) is 0. The molecule has 2 rings (SSSR count). The Balaban J connectivity index is 2.53. The SMILES string of the molecule is Fc1ccc(C(Cl)c2c(F)cc(Br)cc2F)c(F)c1. The molecule has 0 aliphatic carbocycles. The van der Waals surface area contributed by atoms with Crippen LogP contribution in [-0.2, 0) is 0 Å². The molecule has 0 amide bonds. The van der Waals surface area contributed by atoms with Gasteiger partial charge in [0.05, 0.1) is 5.38 Å². The fourth-order valence-electron chi connectivity index (χ4n) is 1.66. The Kier molecular flexibility index (Phi) is 4.16. The first-order valence-electron chi connectivity index (χ1n) is 5.13. The van der Waals surface area contributed by atoms with Gasteiger partial charge in [0.1, 0.15) is 23.3 Å². The Morgan fingerprint density at radius 2 is 1.47 bits per heavy atom. The van der Waals surface area contributed by atoms with E-state index in [1.165, 1.54) is 0 Å². The van der Waals surface area contributed by atoms with Crippen molar-refractivity contribution >= 4 is 27.5 Å². The van der Waals surface area contributed by atoms with Crippen LogP contribution in [0.1, 0.15) is 16.5 Å². The highest BCUT2D eigenvalue weighted by Gasteiger charge is 2.23. The van der Waals surface area contributed by atoms with Gasteiger partial charge < -0.3 is 0 Å². The first-order valence-corrected chi connectivity index (χ1v) is 6.36. The number of halogens is 6. The van der Waals surface area contributed by atoms with Crippen molar-refractivity contribution in [3.8, 4) is 0 Å². The number of hydrogen-bond donors (Lipinski definition) is 0. The largest absolute Gasteiger partial charge is 0.207 e. The number of alkyl halides is 1. The standard InChI is InChI=1S/C13H6BrClF4/c14-6-3-10(18)12(11(19)4-6)13(15)8-2-1-7(16)5-9(8)17/h1-5,13H. The molecule has 2 aromatic carbocycles. The van der Waals surface area contributed by atoms with Crippen LogP contribution in [0.5, 0.6) is 0 Å². The van der Waals surface area contributed by atoms with Crippen LogP contribution in [0.15, 0.2) is 34.8 Å². The average Bonchev–Trinajstić information content (AvgIpc) is 2.26. The molecule has 0 N–H and O–H groups in total. The van der Waals surface area contributed by atoms with Crippen molar-refractivity contribution in [3.05, 3.63) is 69.2 Å². The Morgan fingerprint density at radius 3 is 2.00 bits per heavy atom. The molecule has 0 bridgehead atoms. The van der Waals surface area contributed by atoms with E-state index in [2.05, 4.69) is 15.9 Å². The van der Waals surface area contributed by atoms with E-state index in [0.29, 0.717) is 6.07 Å². The summed E-state index contributed by atoms with van der Waals surface area (Å²) >= 11 is 8.82. The Morgan fingerprint density at radius 1 is 0.895 bits per heavy atom. The van der Waals surface area contributed by atoms with Gasteiger partial charge in [-0.1, -0.05) is 22.0 Å². The molecule has 1 atom stereocenters. The maximum atomic E-state index is 13.7. The fourth-order valence-corrected chi connectivity index (χ4v) is 2.45. The minimum Gasteiger partial charge on any atom is -0.207 e. The lowest BCUT2D eigenvalue weighted by molar-refractivity contribution is 0.547. The van der Waals surface area contributed by atoms with Crippen LogP contribution in [-0.4, -0.2) is 0 Å². The van der Waals surface area contributed by atoms with Crippen molar-refractivity contribution in [2.24, 2.45) is 0 Å². The smallest absolute Gasteiger partial charge is 0.132 e. The molecule has 0 nitrogen and oxygen atoms in total. The van der Waals surface area contributed by atoms with Gasteiger partial charge in [-0.05, 0) is 18.2 Å². The van der Waals surface area contributed by atoms with Gasteiger partial charge in [0.2, 0.25) is 0 Å². The molecule has 0 fully saturated rings. The van der Waals surface area contributed by atoms with Gasteiger partial charge in [-0.15, -0.1) is 11.6 Å². The van der Waals surface area contributed by atoms with Crippen LogP contribution in [0.25, 0.3) is 0 Å². The second kappa shape index (κ2) is 5.51. The van der Waals surface area contributed by atoms with E-state index in [4.69, 9.17) is 11.6 Å². The molecule has 2 aromatic rings. The molecule has 0 aliphatic heterocycles. The van der Waals surface area contributed by atoms with Gasteiger partial charge in [-0.3, -0.25) is 0 Å². The third-order valence-electron chi connectivity index (χ3n) is 2.53. The summed E-state index contributed by atoms with van der Waals surface area (Å²) in [5.41, 5.74) is -0.668. The normalized spacial score (nSPS) is 12.5. The van der Waals surface area contributed by atoms with Crippen LogP contribution in [0.3, 0.4) is 0 Å². The molecule has 0 spiro atoms.